The summed E-state index contributed by atoms with van der Waals surface area (Å²) >= 11 is 0. The lowest BCUT2D eigenvalue weighted by molar-refractivity contribution is -0.385. The van der Waals surface area contributed by atoms with Crippen molar-refractivity contribution in [2.75, 3.05) is 6.61 Å². The highest BCUT2D eigenvalue weighted by Gasteiger charge is 2.28. The van der Waals surface area contributed by atoms with Crippen LogP contribution < -0.4 is 10.1 Å². The summed E-state index contributed by atoms with van der Waals surface area (Å²) in [6, 6.07) is 4.86. The van der Waals surface area contributed by atoms with Gasteiger partial charge in [-0.05, 0) is 36.8 Å². The molecule has 6 nitrogen and oxygen atoms in total. The van der Waals surface area contributed by atoms with Gasteiger partial charge in [0.2, 0.25) is 0 Å². The van der Waals surface area contributed by atoms with Crippen molar-refractivity contribution in [3.63, 3.8) is 0 Å². The Morgan fingerprint density at radius 1 is 1.39 bits per heavy atom. The maximum absolute atomic E-state index is 12.1. The van der Waals surface area contributed by atoms with Crippen LogP contribution in [-0.4, -0.2) is 23.5 Å². The zero-order valence-corrected chi connectivity index (χ0v) is 13.9. The summed E-state index contributed by atoms with van der Waals surface area (Å²) in [5.74, 6) is 0.918. The first-order valence-electron chi connectivity index (χ1n) is 8.05. The summed E-state index contributed by atoms with van der Waals surface area (Å²) in [5.41, 5.74) is 0.663. The van der Waals surface area contributed by atoms with E-state index in [0.717, 1.165) is 18.4 Å². The van der Waals surface area contributed by atoms with Gasteiger partial charge in [0.25, 0.3) is 5.91 Å². The fraction of sp³-hybridized carbons (Fsp3) is 0.588. The van der Waals surface area contributed by atoms with Crippen LogP contribution in [0.25, 0.3) is 0 Å². The second kappa shape index (κ2) is 7.44. The highest BCUT2D eigenvalue weighted by Crippen LogP contribution is 2.30. The number of amides is 1. The third-order valence-corrected chi connectivity index (χ3v) is 4.72. The van der Waals surface area contributed by atoms with Crippen LogP contribution in [0.4, 0.5) is 5.69 Å². The Balaban J connectivity index is 1.93. The van der Waals surface area contributed by atoms with E-state index in [2.05, 4.69) is 19.2 Å². The van der Waals surface area contributed by atoms with Gasteiger partial charge in [-0.2, -0.15) is 0 Å². The number of nitro groups is 1. The van der Waals surface area contributed by atoms with Gasteiger partial charge in [0, 0.05) is 12.1 Å². The molecule has 1 N–H and O–H groups in total. The molecule has 0 spiro atoms. The molecular formula is C17H24N2O4. The molecule has 0 unspecified atom stereocenters. The zero-order valence-electron chi connectivity index (χ0n) is 13.9. The van der Waals surface area contributed by atoms with Crippen molar-refractivity contribution in [1.29, 1.82) is 0 Å². The number of nitrogens with zero attached hydrogens (tertiary/aromatic N) is 1. The Labute approximate surface area is 136 Å². The topological polar surface area (TPSA) is 81.5 Å². The second-order valence-electron chi connectivity index (χ2n) is 6.46. The third-order valence-electron chi connectivity index (χ3n) is 4.72. The normalized spacial score (nSPS) is 24.0. The minimum atomic E-state index is -0.495. The van der Waals surface area contributed by atoms with E-state index in [0.29, 0.717) is 11.8 Å². The van der Waals surface area contributed by atoms with Crippen molar-refractivity contribution < 1.29 is 14.5 Å². The number of benzene rings is 1. The van der Waals surface area contributed by atoms with Gasteiger partial charge in [0.05, 0.1) is 4.92 Å². The van der Waals surface area contributed by atoms with Crippen LogP contribution in [0, 0.1) is 28.9 Å². The van der Waals surface area contributed by atoms with Crippen molar-refractivity contribution in [2.45, 2.75) is 46.1 Å². The minimum Gasteiger partial charge on any atom is -0.477 e. The quantitative estimate of drug-likeness (QED) is 0.667. The number of nitro benzene ring substituents is 1. The molecular weight excluding hydrogens is 296 g/mol. The van der Waals surface area contributed by atoms with Crippen LogP contribution in [0.5, 0.6) is 5.75 Å². The molecule has 0 bridgehead atoms. The molecule has 1 aliphatic carbocycles. The van der Waals surface area contributed by atoms with E-state index in [1.165, 1.54) is 18.6 Å². The van der Waals surface area contributed by atoms with Gasteiger partial charge in [-0.15, -0.1) is 0 Å². The highest BCUT2D eigenvalue weighted by molar-refractivity contribution is 5.78. The molecule has 0 aliphatic heterocycles. The Bertz CT molecular complexity index is 588. The van der Waals surface area contributed by atoms with Gasteiger partial charge >= 0.3 is 5.69 Å². The molecule has 1 aromatic rings. The predicted octanol–water partition coefficient (Wildman–Crippen LogP) is 3.22. The van der Waals surface area contributed by atoms with E-state index in [-0.39, 0.29) is 30.0 Å². The molecule has 0 saturated heterocycles. The SMILES string of the molecule is Cc1ccc(OCC(=O)N[C@@H]2CCC[C@H](C)[C@H]2C)c([N+](=O)[O-])c1. The summed E-state index contributed by atoms with van der Waals surface area (Å²) in [6.07, 6.45) is 3.28. The monoisotopic (exact) mass is 320 g/mol. The van der Waals surface area contributed by atoms with Crippen LogP contribution >= 0.6 is 0 Å². The lowest BCUT2D eigenvalue weighted by Crippen LogP contribution is -2.45. The molecule has 1 fully saturated rings. The summed E-state index contributed by atoms with van der Waals surface area (Å²) in [4.78, 5) is 22.6. The Kier molecular flexibility index (Phi) is 5.58. The van der Waals surface area contributed by atoms with E-state index < -0.39 is 4.92 Å². The Morgan fingerprint density at radius 3 is 2.83 bits per heavy atom. The van der Waals surface area contributed by atoms with Gasteiger partial charge in [0.15, 0.2) is 12.4 Å². The average Bonchev–Trinajstić information content (AvgIpc) is 2.50. The number of hydrogen-bond acceptors (Lipinski definition) is 4. The first-order valence-corrected chi connectivity index (χ1v) is 8.05. The second-order valence-corrected chi connectivity index (χ2v) is 6.46. The highest BCUT2D eigenvalue weighted by atomic mass is 16.6. The van der Waals surface area contributed by atoms with Crippen LogP contribution in [0.2, 0.25) is 0 Å². The van der Waals surface area contributed by atoms with Gasteiger partial charge in [-0.25, -0.2) is 0 Å². The maximum Gasteiger partial charge on any atom is 0.311 e. The van der Waals surface area contributed by atoms with Crippen molar-refractivity contribution >= 4 is 11.6 Å². The van der Waals surface area contributed by atoms with Crippen LogP contribution in [-0.2, 0) is 4.79 Å². The zero-order chi connectivity index (χ0) is 17.0. The number of nitrogens with one attached hydrogen (secondary N) is 1. The number of hydrogen-bond donors (Lipinski definition) is 1. The number of ether oxygens (including phenoxy) is 1. The lowest BCUT2D eigenvalue weighted by atomic mass is 9.78. The molecule has 1 saturated carbocycles. The third kappa shape index (κ3) is 4.43. The lowest BCUT2D eigenvalue weighted by Gasteiger charge is -2.34. The molecule has 1 aliphatic rings. The van der Waals surface area contributed by atoms with E-state index in [1.807, 2.05) is 0 Å². The molecule has 3 atom stereocenters. The first kappa shape index (κ1) is 17.2. The molecule has 1 amide bonds. The van der Waals surface area contributed by atoms with Crippen LogP contribution in [0.3, 0.4) is 0 Å². The average molecular weight is 320 g/mol. The Morgan fingerprint density at radius 2 is 2.13 bits per heavy atom. The van der Waals surface area contributed by atoms with Crippen molar-refractivity contribution in [3.05, 3.63) is 33.9 Å². The standard InChI is InChI=1S/C17H24N2O4/c1-11-7-8-16(15(9-11)19(21)22)23-10-17(20)18-14-6-4-5-12(2)13(14)3/h7-9,12-14H,4-6,10H2,1-3H3,(H,18,20)/t12-,13+,14+/m0/s1. The van der Waals surface area contributed by atoms with Gasteiger partial charge < -0.3 is 10.1 Å². The molecule has 0 aromatic heterocycles. The number of rotatable bonds is 5. The first-order chi connectivity index (χ1) is 10.9. The molecule has 6 heteroatoms. The number of carbonyl (C=O) groups excluding carboxylic acids is 1. The minimum absolute atomic E-state index is 0.113. The Hall–Kier alpha value is -2.11. The summed E-state index contributed by atoms with van der Waals surface area (Å²) in [7, 11) is 0. The molecule has 126 valence electrons. The van der Waals surface area contributed by atoms with Crippen molar-refractivity contribution in [1.82, 2.24) is 5.32 Å². The van der Waals surface area contributed by atoms with Crippen molar-refractivity contribution in [2.24, 2.45) is 11.8 Å². The molecule has 2 rings (SSSR count). The van der Waals surface area contributed by atoms with Gasteiger partial charge in [0.1, 0.15) is 0 Å². The van der Waals surface area contributed by atoms with Gasteiger partial charge in [-0.3, -0.25) is 14.9 Å². The number of carbonyl (C=O) groups is 1. The van der Waals surface area contributed by atoms with Crippen molar-refractivity contribution in [3.8, 4) is 5.75 Å². The van der Waals surface area contributed by atoms with Crippen LogP contribution in [0.15, 0.2) is 18.2 Å². The molecule has 0 heterocycles. The molecule has 1 aromatic carbocycles. The summed E-state index contributed by atoms with van der Waals surface area (Å²) < 4.78 is 5.37. The largest absolute Gasteiger partial charge is 0.477 e. The van der Waals surface area contributed by atoms with E-state index in [4.69, 9.17) is 4.74 Å². The molecule has 0 radical (unpaired) electrons. The fourth-order valence-corrected chi connectivity index (χ4v) is 3.07. The van der Waals surface area contributed by atoms with Gasteiger partial charge in [-0.1, -0.05) is 32.8 Å². The predicted molar refractivity (Wildman–Crippen MR) is 87.4 cm³/mol. The smallest absolute Gasteiger partial charge is 0.311 e. The maximum atomic E-state index is 12.1. The van der Waals surface area contributed by atoms with E-state index in [1.54, 1.807) is 13.0 Å². The molecule has 23 heavy (non-hydrogen) atoms. The van der Waals surface area contributed by atoms with Crippen LogP contribution in [0.1, 0.15) is 38.7 Å². The summed E-state index contributed by atoms with van der Waals surface area (Å²) in [6.45, 7) is 5.92. The van der Waals surface area contributed by atoms with E-state index >= 15 is 0 Å². The summed E-state index contributed by atoms with van der Waals surface area (Å²) in [5, 5.41) is 14.0. The fourth-order valence-electron chi connectivity index (χ4n) is 3.07. The van der Waals surface area contributed by atoms with E-state index in [9.17, 15) is 14.9 Å². The number of aryl methyl sites for hydroxylation is 1.